The van der Waals surface area contributed by atoms with E-state index < -0.39 is 0 Å². The van der Waals surface area contributed by atoms with Crippen LogP contribution in [0.25, 0.3) is 0 Å². The molecule has 0 aromatic rings. The van der Waals surface area contributed by atoms with E-state index in [-0.39, 0.29) is 5.54 Å². The summed E-state index contributed by atoms with van der Waals surface area (Å²) in [4.78, 5) is 2.67. The molecule has 2 atom stereocenters. The summed E-state index contributed by atoms with van der Waals surface area (Å²) in [6.07, 6.45) is 0. The average Bonchev–Trinajstić information content (AvgIpc) is 2.21. The summed E-state index contributed by atoms with van der Waals surface area (Å²) in [7, 11) is 0. The Kier molecular flexibility index (Phi) is 5.58. The molecule has 1 fully saturated rings. The van der Waals surface area contributed by atoms with E-state index in [2.05, 4.69) is 70.4 Å². The molecule has 1 heterocycles. The van der Waals surface area contributed by atoms with Gasteiger partial charge in [-0.1, -0.05) is 20.8 Å². The molecule has 18 heavy (non-hydrogen) atoms. The maximum absolute atomic E-state index is 3.65. The highest BCUT2D eigenvalue weighted by Crippen LogP contribution is 2.27. The lowest BCUT2D eigenvalue weighted by Crippen LogP contribution is -2.51. The number of hydrogen-bond donors (Lipinski definition) is 1. The number of thioether (sulfide) groups is 1. The van der Waals surface area contributed by atoms with Crippen LogP contribution < -0.4 is 5.32 Å². The van der Waals surface area contributed by atoms with Gasteiger partial charge in [-0.15, -0.1) is 0 Å². The standard InChI is InChI=1S/C15H32N2S/c1-12-13(2)18-9-8-17(12)11-15(6,7)10-16-14(3,4)5/h12-13,16H,8-11H2,1-7H3. The molecule has 0 bridgehead atoms. The summed E-state index contributed by atoms with van der Waals surface area (Å²) in [5, 5.41) is 4.41. The van der Waals surface area contributed by atoms with Crippen LogP contribution in [0.15, 0.2) is 0 Å². The van der Waals surface area contributed by atoms with Crippen molar-refractivity contribution in [3.63, 3.8) is 0 Å². The zero-order chi connectivity index (χ0) is 14.0. The first-order chi connectivity index (χ1) is 8.11. The van der Waals surface area contributed by atoms with Gasteiger partial charge in [0.1, 0.15) is 0 Å². The third kappa shape index (κ3) is 5.50. The van der Waals surface area contributed by atoms with Gasteiger partial charge in [-0.3, -0.25) is 4.90 Å². The molecule has 0 aliphatic carbocycles. The van der Waals surface area contributed by atoms with Crippen LogP contribution in [0, 0.1) is 5.41 Å². The third-order valence-electron chi connectivity index (χ3n) is 3.74. The van der Waals surface area contributed by atoms with Crippen LogP contribution >= 0.6 is 11.8 Å². The van der Waals surface area contributed by atoms with Crippen LogP contribution in [0.1, 0.15) is 48.5 Å². The van der Waals surface area contributed by atoms with E-state index in [9.17, 15) is 0 Å². The van der Waals surface area contributed by atoms with Crippen molar-refractivity contribution in [3.05, 3.63) is 0 Å². The van der Waals surface area contributed by atoms with E-state index in [0.29, 0.717) is 11.5 Å². The summed E-state index contributed by atoms with van der Waals surface area (Å²) in [6.45, 7) is 19.8. The van der Waals surface area contributed by atoms with Gasteiger partial charge >= 0.3 is 0 Å². The van der Waals surface area contributed by atoms with Gasteiger partial charge in [0.05, 0.1) is 0 Å². The lowest BCUT2D eigenvalue weighted by atomic mass is 9.90. The van der Waals surface area contributed by atoms with Crippen LogP contribution in [0.5, 0.6) is 0 Å². The monoisotopic (exact) mass is 272 g/mol. The molecular formula is C15H32N2S. The minimum absolute atomic E-state index is 0.216. The Morgan fingerprint density at radius 1 is 1.17 bits per heavy atom. The maximum atomic E-state index is 3.65. The van der Waals surface area contributed by atoms with Crippen LogP contribution in [0.4, 0.5) is 0 Å². The van der Waals surface area contributed by atoms with Gasteiger partial charge in [-0.2, -0.15) is 11.8 Å². The van der Waals surface area contributed by atoms with Gasteiger partial charge in [0, 0.05) is 42.2 Å². The second-order valence-electron chi connectivity index (χ2n) is 7.55. The molecule has 0 aromatic heterocycles. The van der Waals surface area contributed by atoms with Crippen molar-refractivity contribution in [2.24, 2.45) is 5.41 Å². The smallest absolute Gasteiger partial charge is 0.0184 e. The van der Waals surface area contributed by atoms with E-state index in [1.807, 2.05) is 0 Å². The fourth-order valence-electron chi connectivity index (χ4n) is 2.33. The van der Waals surface area contributed by atoms with Gasteiger partial charge in [-0.05, 0) is 33.1 Å². The molecule has 1 saturated heterocycles. The van der Waals surface area contributed by atoms with Gasteiger partial charge in [0.25, 0.3) is 0 Å². The molecule has 108 valence electrons. The summed E-state index contributed by atoms with van der Waals surface area (Å²) >= 11 is 2.12. The first-order valence-corrected chi connectivity index (χ1v) is 8.26. The Balaban J connectivity index is 2.48. The fraction of sp³-hybridized carbons (Fsp3) is 1.00. The maximum Gasteiger partial charge on any atom is 0.0184 e. The van der Waals surface area contributed by atoms with Crippen molar-refractivity contribution in [1.82, 2.24) is 10.2 Å². The van der Waals surface area contributed by atoms with Gasteiger partial charge < -0.3 is 5.32 Å². The highest BCUT2D eigenvalue weighted by Gasteiger charge is 2.30. The van der Waals surface area contributed by atoms with E-state index >= 15 is 0 Å². The number of hydrogen-bond acceptors (Lipinski definition) is 3. The summed E-state index contributed by atoms with van der Waals surface area (Å²) in [5.74, 6) is 1.29. The highest BCUT2D eigenvalue weighted by atomic mass is 32.2. The zero-order valence-corrected chi connectivity index (χ0v) is 14.2. The van der Waals surface area contributed by atoms with E-state index in [0.717, 1.165) is 11.8 Å². The van der Waals surface area contributed by atoms with Crippen molar-refractivity contribution >= 4 is 11.8 Å². The predicted octanol–water partition coefficient (Wildman–Crippen LogP) is 3.23. The Morgan fingerprint density at radius 3 is 2.33 bits per heavy atom. The Hall–Kier alpha value is 0.270. The molecule has 1 aliphatic rings. The molecule has 1 rings (SSSR count). The van der Waals surface area contributed by atoms with Crippen molar-refractivity contribution in [1.29, 1.82) is 0 Å². The molecule has 0 aromatic carbocycles. The van der Waals surface area contributed by atoms with Gasteiger partial charge in [-0.25, -0.2) is 0 Å². The molecule has 3 heteroatoms. The first-order valence-electron chi connectivity index (χ1n) is 7.21. The summed E-state index contributed by atoms with van der Waals surface area (Å²) in [6, 6.07) is 0.706. The predicted molar refractivity (Wildman–Crippen MR) is 84.5 cm³/mol. The number of nitrogens with one attached hydrogen (secondary N) is 1. The van der Waals surface area contributed by atoms with Crippen LogP contribution in [-0.4, -0.2) is 47.1 Å². The molecule has 0 amide bonds. The first kappa shape index (κ1) is 16.3. The number of nitrogens with zero attached hydrogens (tertiary/aromatic N) is 1. The van der Waals surface area contributed by atoms with E-state index in [1.54, 1.807) is 0 Å². The van der Waals surface area contributed by atoms with Gasteiger partial charge in [0.15, 0.2) is 0 Å². The summed E-state index contributed by atoms with van der Waals surface area (Å²) in [5.41, 5.74) is 0.553. The minimum Gasteiger partial charge on any atom is -0.311 e. The Labute approximate surface area is 118 Å². The second kappa shape index (κ2) is 6.15. The largest absolute Gasteiger partial charge is 0.311 e. The third-order valence-corrected chi connectivity index (χ3v) is 5.08. The lowest BCUT2D eigenvalue weighted by molar-refractivity contribution is 0.132. The molecular weight excluding hydrogens is 240 g/mol. The van der Waals surface area contributed by atoms with Crippen LogP contribution in [0.2, 0.25) is 0 Å². The van der Waals surface area contributed by atoms with Crippen molar-refractivity contribution in [2.45, 2.75) is 65.3 Å². The van der Waals surface area contributed by atoms with Crippen molar-refractivity contribution in [3.8, 4) is 0 Å². The SMILES string of the molecule is CC1SCCN(CC(C)(C)CNC(C)(C)C)C1C. The van der Waals surface area contributed by atoms with E-state index in [1.165, 1.54) is 18.8 Å². The molecule has 1 aliphatic heterocycles. The second-order valence-corrected chi connectivity index (χ2v) is 9.04. The Bertz CT molecular complexity index is 258. The molecule has 0 saturated carbocycles. The quantitative estimate of drug-likeness (QED) is 0.846. The molecule has 1 N–H and O–H groups in total. The van der Waals surface area contributed by atoms with Crippen LogP contribution in [0.3, 0.4) is 0 Å². The van der Waals surface area contributed by atoms with Gasteiger partial charge in [0.2, 0.25) is 0 Å². The zero-order valence-electron chi connectivity index (χ0n) is 13.3. The summed E-state index contributed by atoms with van der Waals surface area (Å²) < 4.78 is 0. The molecule has 0 radical (unpaired) electrons. The topological polar surface area (TPSA) is 15.3 Å². The normalized spacial score (nSPS) is 27.5. The van der Waals surface area contributed by atoms with Crippen molar-refractivity contribution in [2.75, 3.05) is 25.4 Å². The fourth-order valence-corrected chi connectivity index (χ4v) is 3.49. The minimum atomic E-state index is 0.216. The Morgan fingerprint density at radius 2 is 1.78 bits per heavy atom. The lowest BCUT2D eigenvalue weighted by Gasteiger charge is -2.42. The van der Waals surface area contributed by atoms with Crippen molar-refractivity contribution < 1.29 is 0 Å². The molecule has 2 nitrogen and oxygen atoms in total. The average molecular weight is 273 g/mol. The highest BCUT2D eigenvalue weighted by molar-refractivity contribution is 8.00. The van der Waals surface area contributed by atoms with Crippen LogP contribution in [-0.2, 0) is 0 Å². The van der Waals surface area contributed by atoms with E-state index in [4.69, 9.17) is 0 Å². The molecule has 2 unspecified atom stereocenters. The molecule has 0 spiro atoms. The number of rotatable bonds is 4.